The molecule has 0 saturated carbocycles. The molecule has 2 aromatic rings. The van der Waals surface area contributed by atoms with Crippen LogP contribution in [0.15, 0.2) is 66.2 Å². The Morgan fingerprint density at radius 3 is 2.33 bits per heavy atom. The van der Waals surface area contributed by atoms with Crippen molar-refractivity contribution in [2.24, 2.45) is 0 Å². The molecule has 2 aromatic carbocycles. The number of alkyl halides is 1. The summed E-state index contributed by atoms with van der Waals surface area (Å²) in [5, 5.41) is 0. The van der Waals surface area contributed by atoms with Gasteiger partial charge < -0.3 is 4.74 Å². The number of esters is 1. The van der Waals surface area contributed by atoms with Crippen molar-refractivity contribution in [3.63, 3.8) is 0 Å². The van der Waals surface area contributed by atoms with Gasteiger partial charge in [0.05, 0.1) is 5.56 Å². The van der Waals surface area contributed by atoms with E-state index >= 15 is 0 Å². The summed E-state index contributed by atoms with van der Waals surface area (Å²) in [6.07, 6.45) is 2.64. The van der Waals surface area contributed by atoms with E-state index in [9.17, 15) is 4.79 Å². The van der Waals surface area contributed by atoms with Crippen LogP contribution in [0.4, 0.5) is 0 Å². The first kappa shape index (κ1) is 18.3. The molecular weight excluding hydrogens is 320 g/mol. The number of halogens is 1. The van der Waals surface area contributed by atoms with Crippen molar-refractivity contribution in [3.8, 4) is 0 Å². The molecule has 2 nitrogen and oxygen atoms in total. The van der Waals surface area contributed by atoms with Crippen LogP contribution in [-0.4, -0.2) is 18.5 Å². The fourth-order valence-electron chi connectivity index (χ4n) is 2.39. The summed E-state index contributed by atoms with van der Waals surface area (Å²) >= 11 is 5.82. The minimum Gasteiger partial charge on any atom is -0.458 e. The van der Waals surface area contributed by atoms with E-state index in [-0.39, 0.29) is 12.6 Å². The van der Waals surface area contributed by atoms with Gasteiger partial charge in [0.25, 0.3) is 0 Å². The van der Waals surface area contributed by atoms with Gasteiger partial charge in [-0.2, -0.15) is 0 Å². The molecule has 0 N–H and O–H groups in total. The third-order valence-electron chi connectivity index (χ3n) is 3.84. The van der Waals surface area contributed by atoms with Crippen molar-refractivity contribution in [3.05, 3.63) is 82.9 Å². The monoisotopic (exact) mass is 342 g/mol. The molecule has 3 heteroatoms. The van der Waals surface area contributed by atoms with Gasteiger partial charge in [-0.05, 0) is 41.2 Å². The van der Waals surface area contributed by atoms with E-state index in [4.69, 9.17) is 16.3 Å². The van der Waals surface area contributed by atoms with Gasteiger partial charge in [-0.1, -0.05) is 62.4 Å². The molecule has 0 heterocycles. The lowest BCUT2D eigenvalue weighted by Crippen LogP contribution is -2.10. The average molecular weight is 343 g/mol. The summed E-state index contributed by atoms with van der Waals surface area (Å²) in [7, 11) is 0. The molecule has 0 spiro atoms. The fourth-order valence-corrected chi connectivity index (χ4v) is 2.61. The number of hydrogen-bond donors (Lipinski definition) is 0. The Morgan fingerprint density at radius 2 is 1.75 bits per heavy atom. The first-order valence-electron chi connectivity index (χ1n) is 8.15. The molecule has 0 aliphatic rings. The SMILES string of the molecule is CC(C)c1ccc(C(=O)OCC(=CCCl)Cc2ccccc2)cc1. The number of allylic oxidation sites excluding steroid dienone is 1. The molecule has 24 heavy (non-hydrogen) atoms. The molecular formula is C21H23ClO2. The summed E-state index contributed by atoms with van der Waals surface area (Å²) in [5.41, 5.74) is 3.96. The van der Waals surface area contributed by atoms with E-state index in [1.54, 1.807) is 0 Å². The van der Waals surface area contributed by atoms with Gasteiger partial charge in [-0.25, -0.2) is 4.79 Å². The van der Waals surface area contributed by atoms with Gasteiger partial charge in [-0.3, -0.25) is 0 Å². The van der Waals surface area contributed by atoms with Crippen LogP contribution >= 0.6 is 11.6 Å². The second-order valence-electron chi connectivity index (χ2n) is 6.03. The molecule has 2 rings (SSSR count). The largest absolute Gasteiger partial charge is 0.458 e. The smallest absolute Gasteiger partial charge is 0.338 e. The Labute approximate surface area is 149 Å². The van der Waals surface area contributed by atoms with Gasteiger partial charge in [0.2, 0.25) is 0 Å². The fraction of sp³-hybridized carbons (Fsp3) is 0.286. The van der Waals surface area contributed by atoms with Crippen LogP contribution in [0.3, 0.4) is 0 Å². The maximum absolute atomic E-state index is 12.2. The van der Waals surface area contributed by atoms with Gasteiger partial charge >= 0.3 is 5.97 Å². The highest BCUT2D eigenvalue weighted by atomic mass is 35.5. The minimum absolute atomic E-state index is 0.256. The zero-order chi connectivity index (χ0) is 17.4. The third-order valence-corrected chi connectivity index (χ3v) is 4.00. The molecule has 0 aliphatic heterocycles. The van der Waals surface area contributed by atoms with Crippen LogP contribution < -0.4 is 0 Å². The number of ether oxygens (including phenoxy) is 1. The summed E-state index contributed by atoms with van der Waals surface area (Å²) in [4.78, 5) is 12.2. The molecule has 0 amide bonds. The number of carbonyl (C=O) groups is 1. The topological polar surface area (TPSA) is 26.3 Å². The third kappa shape index (κ3) is 5.54. The highest BCUT2D eigenvalue weighted by Gasteiger charge is 2.09. The molecule has 0 atom stereocenters. The molecule has 126 valence electrons. The first-order chi connectivity index (χ1) is 11.6. The van der Waals surface area contributed by atoms with Crippen LogP contribution in [0, 0.1) is 0 Å². The predicted molar refractivity (Wildman–Crippen MR) is 99.8 cm³/mol. The van der Waals surface area contributed by atoms with Crippen LogP contribution in [0.1, 0.15) is 41.3 Å². The summed E-state index contributed by atoms with van der Waals surface area (Å²) in [5.74, 6) is 0.543. The second-order valence-corrected chi connectivity index (χ2v) is 6.34. The Hall–Kier alpha value is -2.06. The van der Waals surface area contributed by atoms with Crippen molar-refractivity contribution in [2.75, 3.05) is 12.5 Å². The number of benzene rings is 2. The Bertz CT molecular complexity index is 673. The number of carbonyl (C=O) groups excluding carboxylic acids is 1. The lowest BCUT2D eigenvalue weighted by Gasteiger charge is -2.10. The average Bonchev–Trinajstić information content (AvgIpc) is 2.60. The summed E-state index contributed by atoms with van der Waals surface area (Å²) in [6, 6.07) is 17.7. The molecule has 0 bridgehead atoms. The number of hydrogen-bond acceptors (Lipinski definition) is 2. The van der Waals surface area contributed by atoms with Crippen LogP contribution in [0.2, 0.25) is 0 Å². The van der Waals surface area contributed by atoms with E-state index in [0.29, 0.717) is 17.4 Å². The van der Waals surface area contributed by atoms with Crippen molar-refractivity contribution in [1.29, 1.82) is 0 Å². The van der Waals surface area contributed by atoms with Gasteiger partial charge in [0.1, 0.15) is 6.61 Å². The zero-order valence-electron chi connectivity index (χ0n) is 14.2. The minimum atomic E-state index is -0.307. The van der Waals surface area contributed by atoms with E-state index in [2.05, 4.69) is 26.0 Å². The Kier molecular flexibility index (Phi) is 7.07. The van der Waals surface area contributed by atoms with E-state index < -0.39 is 0 Å². The predicted octanol–water partition coefficient (Wildman–Crippen LogP) is 5.37. The number of rotatable bonds is 7. The maximum atomic E-state index is 12.2. The van der Waals surface area contributed by atoms with Gasteiger partial charge in [-0.15, -0.1) is 11.6 Å². The van der Waals surface area contributed by atoms with E-state index in [1.165, 1.54) is 11.1 Å². The molecule has 0 unspecified atom stereocenters. The van der Waals surface area contributed by atoms with Crippen LogP contribution in [0.25, 0.3) is 0 Å². The quantitative estimate of drug-likeness (QED) is 0.384. The highest BCUT2D eigenvalue weighted by molar-refractivity contribution is 6.18. The van der Waals surface area contributed by atoms with Gasteiger partial charge in [0.15, 0.2) is 0 Å². The van der Waals surface area contributed by atoms with Crippen molar-refractivity contribution < 1.29 is 9.53 Å². The lowest BCUT2D eigenvalue weighted by atomic mass is 10.0. The summed E-state index contributed by atoms with van der Waals surface area (Å²) in [6.45, 7) is 4.51. The zero-order valence-corrected chi connectivity index (χ0v) is 14.9. The van der Waals surface area contributed by atoms with Gasteiger partial charge in [0, 0.05) is 5.88 Å². The lowest BCUT2D eigenvalue weighted by molar-refractivity contribution is 0.0538. The van der Waals surface area contributed by atoms with E-state index in [0.717, 1.165) is 12.0 Å². The van der Waals surface area contributed by atoms with Crippen LogP contribution in [0.5, 0.6) is 0 Å². The molecule has 0 aliphatic carbocycles. The van der Waals surface area contributed by atoms with Crippen LogP contribution in [-0.2, 0) is 11.2 Å². The molecule has 0 saturated heterocycles. The van der Waals surface area contributed by atoms with E-state index in [1.807, 2.05) is 48.5 Å². The normalized spacial score (nSPS) is 11.6. The second kappa shape index (κ2) is 9.29. The molecule has 0 fully saturated rings. The Balaban J connectivity index is 1.96. The van der Waals surface area contributed by atoms with Crippen molar-refractivity contribution >= 4 is 17.6 Å². The standard InChI is InChI=1S/C21H23ClO2/c1-16(2)19-8-10-20(11-9-19)21(23)24-15-18(12-13-22)14-17-6-4-3-5-7-17/h3-12,16H,13-15H2,1-2H3. The molecule has 0 radical (unpaired) electrons. The highest BCUT2D eigenvalue weighted by Crippen LogP contribution is 2.16. The van der Waals surface area contributed by atoms with Crippen molar-refractivity contribution in [1.82, 2.24) is 0 Å². The maximum Gasteiger partial charge on any atom is 0.338 e. The first-order valence-corrected chi connectivity index (χ1v) is 8.68. The van der Waals surface area contributed by atoms with Crippen molar-refractivity contribution in [2.45, 2.75) is 26.2 Å². The molecule has 0 aromatic heterocycles. The summed E-state index contributed by atoms with van der Waals surface area (Å²) < 4.78 is 5.45. The Morgan fingerprint density at radius 1 is 1.08 bits per heavy atom.